The molecule has 0 bridgehead atoms. The van der Waals surface area contributed by atoms with Gasteiger partial charge in [-0.2, -0.15) is 0 Å². The number of benzene rings is 1. The average Bonchev–Trinajstić information content (AvgIpc) is 2.51. The highest BCUT2D eigenvalue weighted by molar-refractivity contribution is 5.89. The normalized spacial score (nSPS) is 12.8. The molecular formula is C16H22N2O6. The Morgan fingerprint density at radius 1 is 1.25 bits per heavy atom. The Labute approximate surface area is 139 Å². The van der Waals surface area contributed by atoms with Crippen molar-refractivity contribution in [2.45, 2.75) is 32.4 Å². The second-order valence-corrected chi connectivity index (χ2v) is 5.32. The van der Waals surface area contributed by atoms with Gasteiger partial charge in [0.05, 0.1) is 19.6 Å². The maximum absolute atomic E-state index is 11.9. The minimum Gasteiger partial charge on any atom is -0.490 e. The predicted molar refractivity (Wildman–Crippen MR) is 85.6 cm³/mol. The molecule has 8 nitrogen and oxygen atoms in total. The van der Waals surface area contributed by atoms with Crippen molar-refractivity contribution in [3.8, 4) is 5.75 Å². The zero-order valence-corrected chi connectivity index (χ0v) is 13.9. The number of carbonyl (C=O) groups is 3. The Hall–Kier alpha value is -2.61. The van der Waals surface area contributed by atoms with Crippen LogP contribution in [-0.4, -0.2) is 48.8 Å². The van der Waals surface area contributed by atoms with Gasteiger partial charge < -0.3 is 25.6 Å². The van der Waals surface area contributed by atoms with Crippen LogP contribution in [0, 0.1) is 13.8 Å². The zero-order valence-electron chi connectivity index (χ0n) is 13.9. The van der Waals surface area contributed by atoms with E-state index in [9.17, 15) is 14.4 Å². The van der Waals surface area contributed by atoms with Gasteiger partial charge in [-0.05, 0) is 25.0 Å². The lowest BCUT2D eigenvalue weighted by molar-refractivity contribution is -0.146. The SMILES string of the molecule is COC(=O)[C@H](COc1c(C)cccc1C)NC(=O)[C@@H](N)CC(=O)O. The summed E-state index contributed by atoms with van der Waals surface area (Å²) in [5, 5.41) is 11.0. The van der Waals surface area contributed by atoms with E-state index in [0.29, 0.717) is 5.75 Å². The highest BCUT2D eigenvalue weighted by Gasteiger charge is 2.26. The number of carboxylic acids is 1. The van der Waals surface area contributed by atoms with Gasteiger partial charge in [0, 0.05) is 0 Å². The summed E-state index contributed by atoms with van der Waals surface area (Å²) in [7, 11) is 1.18. The van der Waals surface area contributed by atoms with Crippen molar-refractivity contribution in [3.63, 3.8) is 0 Å². The van der Waals surface area contributed by atoms with E-state index in [-0.39, 0.29) is 6.61 Å². The number of ether oxygens (including phenoxy) is 2. The highest BCUT2D eigenvalue weighted by atomic mass is 16.5. The first-order chi connectivity index (χ1) is 11.3. The van der Waals surface area contributed by atoms with Crippen molar-refractivity contribution in [1.82, 2.24) is 5.32 Å². The van der Waals surface area contributed by atoms with E-state index < -0.39 is 36.4 Å². The molecule has 132 valence electrons. The largest absolute Gasteiger partial charge is 0.490 e. The van der Waals surface area contributed by atoms with Crippen molar-refractivity contribution in [2.75, 3.05) is 13.7 Å². The number of rotatable bonds is 8. The zero-order chi connectivity index (χ0) is 18.3. The molecule has 0 aliphatic rings. The second kappa shape index (κ2) is 8.88. The van der Waals surface area contributed by atoms with E-state index in [1.165, 1.54) is 7.11 Å². The van der Waals surface area contributed by atoms with E-state index in [1.807, 2.05) is 32.0 Å². The average molecular weight is 338 g/mol. The first-order valence-corrected chi connectivity index (χ1v) is 7.30. The molecule has 1 aromatic carbocycles. The molecule has 0 aliphatic carbocycles. The van der Waals surface area contributed by atoms with Gasteiger partial charge in [-0.25, -0.2) is 4.79 Å². The fourth-order valence-corrected chi connectivity index (χ4v) is 2.06. The van der Waals surface area contributed by atoms with Crippen LogP contribution >= 0.6 is 0 Å². The molecule has 0 unspecified atom stereocenters. The Morgan fingerprint density at radius 3 is 2.33 bits per heavy atom. The van der Waals surface area contributed by atoms with Gasteiger partial charge in [0.15, 0.2) is 6.04 Å². The Morgan fingerprint density at radius 2 is 1.83 bits per heavy atom. The van der Waals surface area contributed by atoms with Crippen molar-refractivity contribution >= 4 is 17.8 Å². The Balaban J connectivity index is 2.78. The topological polar surface area (TPSA) is 128 Å². The number of aliphatic carboxylic acids is 1. The summed E-state index contributed by atoms with van der Waals surface area (Å²) in [6.45, 7) is 3.55. The molecule has 0 saturated heterocycles. The van der Waals surface area contributed by atoms with Crippen LogP contribution in [-0.2, 0) is 19.1 Å². The third-order valence-corrected chi connectivity index (χ3v) is 3.34. The molecule has 1 amide bonds. The van der Waals surface area contributed by atoms with Gasteiger partial charge in [-0.1, -0.05) is 18.2 Å². The van der Waals surface area contributed by atoms with Gasteiger partial charge in [-0.15, -0.1) is 0 Å². The monoisotopic (exact) mass is 338 g/mol. The maximum Gasteiger partial charge on any atom is 0.331 e. The Kier molecular flexibility index (Phi) is 7.19. The number of carboxylic acid groups (broad SMARTS) is 1. The highest BCUT2D eigenvalue weighted by Crippen LogP contribution is 2.22. The van der Waals surface area contributed by atoms with Crippen LogP contribution in [0.2, 0.25) is 0 Å². The van der Waals surface area contributed by atoms with Gasteiger partial charge in [0.2, 0.25) is 5.91 Å². The van der Waals surface area contributed by atoms with Crippen LogP contribution < -0.4 is 15.8 Å². The summed E-state index contributed by atoms with van der Waals surface area (Å²) in [5.74, 6) is -2.08. The maximum atomic E-state index is 11.9. The number of nitrogens with two attached hydrogens (primary N) is 1. The number of methoxy groups -OCH3 is 1. The number of para-hydroxylation sites is 1. The van der Waals surface area contributed by atoms with E-state index in [0.717, 1.165) is 11.1 Å². The van der Waals surface area contributed by atoms with Gasteiger partial charge in [-0.3, -0.25) is 9.59 Å². The van der Waals surface area contributed by atoms with Crippen LogP contribution in [0.15, 0.2) is 18.2 Å². The molecule has 0 heterocycles. The molecule has 8 heteroatoms. The Bertz CT molecular complexity index is 596. The summed E-state index contributed by atoms with van der Waals surface area (Å²) < 4.78 is 10.3. The molecular weight excluding hydrogens is 316 g/mol. The van der Waals surface area contributed by atoms with E-state index in [1.54, 1.807) is 0 Å². The standard InChI is InChI=1S/C16H22N2O6/c1-9-5-4-6-10(2)14(9)24-8-12(16(22)23-3)18-15(21)11(17)7-13(19)20/h4-6,11-12H,7-8,17H2,1-3H3,(H,18,21)(H,19,20)/t11-,12-/m0/s1. The molecule has 2 atom stereocenters. The number of aryl methyl sites for hydroxylation is 2. The summed E-state index contributed by atoms with van der Waals surface area (Å²) in [5.41, 5.74) is 7.24. The number of nitrogens with one attached hydrogen (secondary N) is 1. The lowest BCUT2D eigenvalue weighted by atomic mass is 10.1. The number of hydrogen-bond donors (Lipinski definition) is 3. The number of hydrogen-bond acceptors (Lipinski definition) is 6. The molecule has 0 saturated carbocycles. The molecule has 1 aromatic rings. The molecule has 1 rings (SSSR count). The predicted octanol–water partition coefficient (Wildman–Crippen LogP) is 0.142. The first-order valence-electron chi connectivity index (χ1n) is 7.30. The summed E-state index contributed by atoms with van der Waals surface area (Å²) in [4.78, 5) is 34.3. The van der Waals surface area contributed by atoms with Gasteiger partial charge in [0.1, 0.15) is 12.4 Å². The minimum absolute atomic E-state index is 0.163. The molecule has 0 aromatic heterocycles. The summed E-state index contributed by atoms with van der Waals surface area (Å²) >= 11 is 0. The minimum atomic E-state index is -1.27. The van der Waals surface area contributed by atoms with Crippen LogP contribution in [0.1, 0.15) is 17.5 Å². The van der Waals surface area contributed by atoms with Crippen molar-refractivity contribution < 1.29 is 29.0 Å². The van der Waals surface area contributed by atoms with E-state index in [2.05, 4.69) is 10.1 Å². The first kappa shape index (κ1) is 19.4. The molecule has 4 N–H and O–H groups in total. The third-order valence-electron chi connectivity index (χ3n) is 3.34. The van der Waals surface area contributed by atoms with Crippen LogP contribution in [0.25, 0.3) is 0 Å². The second-order valence-electron chi connectivity index (χ2n) is 5.32. The van der Waals surface area contributed by atoms with Gasteiger partial charge in [0.25, 0.3) is 0 Å². The summed E-state index contributed by atoms with van der Waals surface area (Å²) in [6.07, 6.45) is -0.544. The fourth-order valence-electron chi connectivity index (χ4n) is 2.06. The van der Waals surface area contributed by atoms with E-state index >= 15 is 0 Å². The van der Waals surface area contributed by atoms with Gasteiger partial charge >= 0.3 is 11.9 Å². The van der Waals surface area contributed by atoms with Crippen molar-refractivity contribution in [2.24, 2.45) is 5.73 Å². The number of carbonyl (C=O) groups excluding carboxylic acids is 2. The fraction of sp³-hybridized carbons (Fsp3) is 0.438. The van der Waals surface area contributed by atoms with Crippen LogP contribution in [0.4, 0.5) is 0 Å². The molecule has 0 fully saturated rings. The molecule has 0 aliphatic heterocycles. The van der Waals surface area contributed by atoms with Crippen molar-refractivity contribution in [1.29, 1.82) is 0 Å². The lowest BCUT2D eigenvalue weighted by Gasteiger charge is -2.20. The number of amides is 1. The van der Waals surface area contributed by atoms with Crippen LogP contribution in [0.5, 0.6) is 5.75 Å². The quantitative estimate of drug-likeness (QED) is 0.575. The molecule has 0 spiro atoms. The van der Waals surface area contributed by atoms with Crippen LogP contribution in [0.3, 0.4) is 0 Å². The lowest BCUT2D eigenvalue weighted by Crippen LogP contribution is -2.51. The van der Waals surface area contributed by atoms with E-state index in [4.69, 9.17) is 15.6 Å². The molecule has 0 radical (unpaired) electrons. The smallest absolute Gasteiger partial charge is 0.331 e. The third kappa shape index (κ3) is 5.54. The summed E-state index contributed by atoms with van der Waals surface area (Å²) in [6, 6.07) is 3.23. The molecule has 24 heavy (non-hydrogen) atoms. The number of esters is 1. The van der Waals surface area contributed by atoms with Crippen molar-refractivity contribution in [3.05, 3.63) is 29.3 Å².